The standard InChI is InChI=1S/C15H14F2N2O2/c16-12-3-1-10(2-4-12)6-14(18)7-11-5-13(17)9-15(8-11)19(20)21/h1-5,8-9,14H,6-7,18H2. The average Bonchev–Trinajstić information content (AvgIpc) is 2.40. The fourth-order valence-electron chi connectivity index (χ4n) is 2.15. The summed E-state index contributed by atoms with van der Waals surface area (Å²) in [6, 6.07) is 9.02. The third-order valence-corrected chi connectivity index (χ3v) is 3.06. The Morgan fingerprint density at radius 1 is 1.00 bits per heavy atom. The molecule has 1 atom stereocenters. The molecule has 4 nitrogen and oxygen atoms in total. The van der Waals surface area contributed by atoms with Gasteiger partial charge in [0, 0.05) is 12.1 Å². The van der Waals surface area contributed by atoms with Crippen molar-refractivity contribution in [2.24, 2.45) is 5.73 Å². The van der Waals surface area contributed by atoms with Gasteiger partial charge in [0.05, 0.1) is 11.0 Å². The molecule has 2 aromatic carbocycles. The predicted octanol–water partition coefficient (Wildman–Crippen LogP) is 2.99. The molecule has 0 amide bonds. The van der Waals surface area contributed by atoms with Crippen LogP contribution >= 0.6 is 0 Å². The molecule has 0 saturated carbocycles. The second-order valence-corrected chi connectivity index (χ2v) is 4.87. The highest BCUT2D eigenvalue weighted by molar-refractivity contribution is 5.35. The topological polar surface area (TPSA) is 69.2 Å². The second-order valence-electron chi connectivity index (χ2n) is 4.87. The van der Waals surface area contributed by atoms with Gasteiger partial charge in [-0.2, -0.15) is 0 Å². The van der Waals surface area contributed by atoms with Crippen molar-refractivity contribution in [1.29, 1.82) is 0 Å². The van der Waals surface area contributed by atoms with Gasteiger partial charge in [-0.1, -0.05) is 12.1 Å². The highest BCUT2D eigenvalue weighted by atomic mass is 19.1. The summed E-state index contributed by atoms with van der Waals surface area (Å²) in [5, 5.41) is 10.7. The summed E-state index contributed by atoms with van der Waals surface area (Å²) in [4.78, 5) is 10.0. The lowest BCUT2D eigenvalue weighted by molar-refractivity contribution is -0.385. The van der Waals surface area contributed by atoms with Crippen LogP contribution in [0.4, 0.5) is 14.5 Å². The number of benzene rings is 2. The number of halogens is 2. The molecule has 0 aliphatic heterocycles. The molecule has 0 heterocycles. The Balaban J connectivity index is 2.07. The summed E-state index contributed by atoms with van der Waals surface area (Å²) < 4.78 is 26.1. The van der Waals surface area contributed by atoms with Gasteiger partial charge in [-0.15, -0.1) is 0 Å². The molecule has 0 saturated heterocycles. The van der Waals surface area contributed by atoms with Gasteiger partial charge >= 0.3 is 0 Å². The molecule has 0 aliphatic carbocycles. The highest BCUT2D eigenvalue weighted by Gasteiger charge is 2.12. The largest absolute Gasteiger partial charge is 0.327 e. The molecule has 110 valence electrons. The lowest BCUT2D eigenvalue weighted by atomic mass is 9.99. The van der Waals surface area contributed by atoms with Crippen LogP contribution in [0.25, 0.3) is 0 Å². The van der Waals surface area contributed by atoms with E-state index in [9.17, 15) is 18.9 Å². The monoisotopic (exact) mass is 292 g/mol. The normalized spacial score (nSPS) is 12.1. The van der Waals surface area contributed by atoms with Crippen LogP contribution in [0.2, 0.25) is 0 Å². The minimum absolute atomic E-state index is 0.293. The van der Waals surface area contributed by atoms with Crippen LogP contribution in [0.1, 0.15) is 11.1 Å². The van der Waals surface area contributed by atoms with E-state index in [2.05, 4.69) is 0 Å². The number of non-ortho nitro benzene ring substituents is 1. The van der Waals surface area contributed by atoms with Gasteiger partial charge < -0.3 is 5.73 Å². The van der Waals surface area contributed by atoms with Crippen molar-refractivity contribution in [3.63, 3.8) is 0 Å². The van der Waals surface area contributed by atoms with Crippen molar-refractivity contribution in [3.8, 4) is 0 Å². The average molecular weight is 292 g/mol. The predicted molar refractivity (Wildman–Crippen MR) is 74.8 cm³/mol. The zero-order chi connectivity index (χ0) is 15.4. The van der Waals surface area contributed by atoms with E-state index in [1.54, 1.807) is 12.1 Å². The van der Waals surface area contributed by atoms with Crippen LogP contribution in [0.3, 0.4) is 0 Å². The third kappa shape index (κ3) is 4.32. The van der Waals surface area contributed by atoms with E-state index in [1.165, 1.54) is 24.3 Å². The zero-order valence-electron chi connectivity index (χ0n) is 11.1. The van der Waals surface area contributed by atoms with Gasteiger partial charge in [-0.05, 0) is 42.2 Å². The Labute approximate surface area is 120 Å². The number of nitrogens with zero attached hydrogens (tertiary/aromatic N) is 1. The van der Waals surface area contributed by atoms with Crippen molar-refractivity contribution in [1.82, 2.24) is 0 Å². The maximum absolute atomic E-state index is 13.3. The van der Waals surface area contributed by atoms with E-state index in [-0.39, 0.29) is 17.5 Å². The number of hydrogen-bond donors (Lipinski definition) is 1. The molecule has 2 aromatic rings. The Morgan fingerprint density at radius 2 is 1.62 bits per heavy atom. The Morgan fingerprint density at radius 3 is 2.24 bits per heavy atom. The van der Waals surface area contributed by atoms with Crippen LogP contribution in [-0.4, -0.2) is 11.0 Å². The molecule has 21 heavy (non-hydrogen) atoms. The summed E-state index contributed by atoms with van der Waals surface area (Å²) in [5.74, 6) is -0.985. The van der Waals surface area contributed by atoms with Gasteiger partial charge in [0.25, 0.3) is 5.69 Å². The number of hydrogen-bond acceptors (Lipinski definition) is 3. The molecule has 2 N–H and O–H groups in total. The van der Waals surface area contributed by atoms with E-state index in [0.29, 0.717) is 18.4 Å². The molecule has 0 aliphatic rings. The number of nitro benzene ring substituents is 1. The first kappa shape index (κ1) is 15.1. The van der Waals surface area contributed by atoms with Crippen molar-refractivity contribution >= 4 is 5.69 Å². The first-order valence-corrected chi connectivity index (χ1v) is 6.38. The molecule has 0 fully saturated rings. The SMILES string of the molecule is NC(Cc1ccc(F)cc1)Cc1cc(F)cc([N+](=O)[O-])c1. The first-order chi connectivity index (χ1) is 9.94. The van der Waals surface area contributed by atoms with Crippen LogP contribution in [0.15, 0.2) is 42.5 Å². The fraction of sp³-hybridized carbons (Fsp3) is 0.200. The van der Waals surface area contributed by atoms with Gasteiger partial charge in [0.1, 0.15) is 11.6 Å². The van der Waals surface area contributed by atoms with Crippen LogP contribution in [0, 0.1) is 21.7 Å². The van der Waals surface area contributed by atoms with Gasteiger partial charge in [0.2, 0.25) is 0 Å². The third-order valence-electron chi connectivity index (χ3n) is 3.06. The van der Waals surface area contributed by atoms with Crippen LogP contribution < -0.4 is 5.73 Å². The van der Waals surface area contributed by atoms with E-state index >= 15 is 0 Å². The van der Waals surface area contributed by atoms with Gasteiger partial charge in [-0.3, -0.25) is 10.1 Å². The van der Waals surface area contributed by atoms with Crippen LogP contribution in [-0.2, 0) is 12.8 Å². The Bertz CT molecular complexity index is 645. The lowest BCUT2D eigenvalue weighted by Gasteiger charge is -2.12. The molecule has 0 radical (unpaired) electrons. The summed E-state index contributed by atoms with van der Waals surface area (Å²) in [7, 11) is 0. The van der Waals surface area contributed by atoms with Crippen molar-refractivity contribution in [2.45, 2.75) is 18.9 Å². The van der Waals surface area contributed by atoms with E-state index in [1.807, 2.05) is 0 Å². The number of nitro groups is 1. The molecule has 1 unspecified atom stereocenters. The summed E-state index contributed by atoms with van der Waals surface area (Å²) in [6.45, 7) is 0. The number of nitrogens with two attached hydrogens (primary N) is 1. The van der Waals surface area contributed by atoms with E-state index < -0.39 is 10.7 Å². The first-order valence-electron chi connectivity index (χ1n) is 6.38. The molecular formula is C15H14F2N2O2. The summed E-state index contributed by atoms with van der Waals surface area (Å²) >= 11 is 0. The Hall–Kier alpha value is -2.34. The van der Waals surface area contributed by atoms with Crippen molar-refractivity contribution in [2.75, 3.05) is 0 Å². The van der Waals surface area contributed by atoms with E-state index in [4.69, 9.17) is 5.73 Å². The lowest BCUT2D eigenvalue weighted by Crippen LogP contribution is -2.25. The van der Waals surface area contributed by atoms with Gasteiger partial charge in [-0.25, -0.2) is 8.78 Å². The Kier molecular flexibility index (Phi) is 4.59. The van der Waals surface area contributed by atoms with E-state index in [0.717, 1.165) is 11.6 Å². The molecule has 0 spiro atoms. The molecule has 0 aromatic heterocycles. The van der Waals surface area contributed by atoms with Crippen LogP contribution in [0.5, 0.6) is 0 Å². The smallest absolute Gasteiger partial charge is 0.272 e. The molecule has 6 heteroatoms. The summed E-state index contributed by atoms with van der Waals surface area (Å²) in [5.41, 5.74) is 7.00. The summed E-state index contributed by atoms with van der Waals surface area (Å²) in [6.07, 6.45) is 0.778. The fourth-order valence-corrected chi connectivity index (χ4v) is 2.15. The minimum Gasteiger partial charge on any atom is -0.327 e. The number of rotatable bonds is 5. The maximum atomic E-state index is 13.3. The molecule has 0 bridgehead atoms. The molecule has 2 rings (SSSR count). The van der Waals surface area contributed by atoms with Gasteiger partial charge in [0.15, 0.2) is 0 Å². The highest BCUT2D eigenvalue weighted by Crippen LogP contribution is 2.18. The van der Waals surface area contributed by atoms with Crippen molar-refractivity contribution < 1.29 is 13.7 Å². The second kappa shape index (κ2) is 6.41. The molecular weight excluding hydrogens is 278 g/mol. The zero-order valence-corrected chi connectivity index (χ0v) is 11.1. The quantitative estimate of drug-likeness (QED) is 0.680. The van der Waals surface area contributed by atoms with Crippen molar-refractivity contribution in [3.05, 3.63) is 75.3 Å². The maximum Gasteiger partial charge on any atom is 0.272 e. The minimum atomic E-state index is -0.659.